The highest BCUT2D eigenvalue weighted by Crippen LogP contribution is 2.33. The van der Waals surface area contributed by atoms with Crippen LogP contribution in [0.2, 0.25) is 5.02 Å². The van der Waals surface area contributed by atoms with Crippen LogP contribution < -0.4 is 19.7 Å². The molecule has 2 aliphatic heterocycles. The van der Waals surface area contributed by atoms with Gasteiger partial charge in [0.05, 0.1) is 29.7 Å². The standard InChI is InChI=1S/C23H24ClN5O3S/c24-17-6-1-2-7-18(17)29-22(28-10-3-4-11-28)26-27-23(29)33-15-21(30)25-16-8-9-19-20(14-16)32-13-5-12-31-19/h1-2,6-9,14H,3-5,10-13,15H2,(H,25,30). The van der Waals surface area contributed by atoms with Crippen LogP contribution in [0.25, 0.3) is 5.69 Å². The maximum absolute atomic E-state index is 12.7. The lowest BCUT2D eigenvalue weighted by atomic mass is 10.2. The summed E-state index contributed by atoms with van der Waals surface area (Å²) in [6, 6.07) is 13.0. The second kappa shape index (κ2) is 9.93. The molecule has 1 aromatic heterocycles. The van der Waals surface area contributed by atoms with Crippen molar-refractivity contribution in [2.45, 2.75) is 24.4 Å². The zero-order chi connectivity index (χ0) is 22.6. The predicted molar refractivity (Wildman–Crippen MR) is 129 cm³/mol. The number of fused-ring (bicyclic) bond motifs is 1. The Bertz CT molecular complexity index is 1150. The lowest BCUT2D eigenvalue weighted by Gasteiger charge is -2.19. The van der Waals surface area contributed by atoms with Crippen molar-refractivity contribution in [2.75, 3.05) is 42.3 Å². The van der Waals surface area contributed by atoms with Crippen LogP contribution in [0, 0.1) is 0 Å². The molecule has 1 N–H and O–H groups in total. The van der Waals surface area contributed by atoms with Crippen molar-refractivity contribution >= 4 is 40.9 Å². The predicted octanol–water partition coefficient (Wildman–Crippen LogP) is 4.41. The van der Waals surface area contributed by atoms with Gasteiger partial charge in [-0.3, -0.25) is 9.36 Å². The molecule has 3 heterocycles. The Balaban J connectivity index is 1.32. The van der Waals surface area contributed by atoms with Gasteiger partial charge < -0.3 is 19.7 Å². The number of carbonyl (C=O) groups is 1. The first-order valence-electron chi connectivity index (χ1n) is 11.0. The van der Waals surface area contributed by atoms with Crippen LogP contribution in [0.3, 0.4) is 0 Å². The Labute approximate surface area is 201 Å². The van der Waals surface area contributed by atoms with E-state index in [4.69, 9.17) is 21.1 Å². The molecule has 3 aromatic rings. The largest absolute Gasteiger partial charge is 0.490 e. The van der Waals surface area contributed by atoms with Gasteiger partial charge in [-0.05, 0) is 37.1 Å². The number of halogens is 1. The van der Waals surface area contributed by atoms with E-state index < -0.39 is 0 Å². The highest BCUT2D eigenvalue weighted by atomic mass is 35.5. The zero-order valence-electron chi connectivity index (χ0n) is 18.0. The first-order chi connectivity index (χ1) is 16.2. The van der Waals surface area contributed by atoms with Crippen LogP contribution in [0.15, 0.2) is 47.6 Å². The minimum atomic E-state index is -0.147. The van der Waals surface area contributed by atoms with Gasteiger partial charge in [0.1, 0.15) is 0 Å². The van der Waals surface area contributed by atoms with Gasteiger partial charge in [0.25, 0.3) is 0 Å². The fourth-order valence-electron chi connectivity index (χ4n) is 3.89. The van der Waals surface area contributed by atoms with Gasteiger partial charge in [0.2, 0.25) is 11.9 Å². The first-order valence-corrected chi connectivity index (χ1v) is 12.3. The number of carbonyl (C=O) groups excluding carboxylic acids is 1. The number of ether oxygens (including phenoxy) is 2. The molecular formula is C23H24ClN5O3S. The molecule has 5 rings (SSSR count). The Morgan fingerprint density at radius 2 is 1.82 bits per heavy atom. The molecule has 0 atom stereocenters. The van der Waals surface area contributed by atoms with Crippen LogP contribution in [0.1, 0.15) is 19.3 Å². The molecular weight excluding hydrogens is 462 g/mol. The number of nitrogens with one attached hydrogen (secondary N) is 1. The van der Waals surface area contributed by atoms with E-state index in [1.807, 2.05) is 41.0 Å². The van der Waals surface area contributed by atoms with Gasteiger partial charge in [-0.15, -0.1) is 10.2 Å². The summed E-state index contributed by atoms with van der Waals surface area (Å²) in [5, 5.41) is 13.0. The molecule has 0 spiro atoms. The second-order valence-electron chi connectivity index (χ2n) is 7.81. The van der Waals surface area contributed by atoms with Crippen molar-refractivity contribution in [3.05, 3.63) is 47.5 Å². The van der Waals surface area contributed by atoms with E-state index in [-0.39, 0.29) is 11.7 Å². The summed E-state index contributed by atoms with van der Waals surface area (Å²) in [4.78, 5) is 14.9. The van der Waals surface area contributed by atoms with Crippen LogP contribution in [0.4, 0.5) is 11.6 Å². The SMILES string of the molecule is O=C(CSc1nnc(N2CCCC2)n1-c1ccccc1Cl)Nc1ccc2c(c1)OCCCO2. The van der Waals surface area contributed by atoms with Gasteiger partial charge in [0, 0.05) is 31.3 Å². The third-order valence-electron chi connectivity index (χ3n) is 5.46. The van der Waals surface area contributed by atoms with Crippen molar-refractivity contribution in [1.82, 2.24) is 14.8 Å². The molecule has 1 saturated heterocycles. The molecule has 2 aromatic carbocycles. The quantitative estimate of drug-likeness (QED) is 0.518. The zero-order valence-corrected chi connectivity index (χ0v) is 19.6. The van der Waals surface area contributed by atoms with E-state index in [1.165, 1.54) is 11.8 Å². The summed E-state index contributed by atoms with van der Waals surface area (Å²) in [5.41, 5.74) is 1.46. The summed E-state index contributed by atoms with van der Waals surface area (Å²) in [5.74, 6) is 2.13. The summed E-state index contributed by atoms with van der Waals surface area (Å²) >= 11 is 7.83. The van der Waals surface area contributed by atoms with Crippen LogP contribution in [0.5, 0.6) is 11.5 Å². The highest BCUT2D eigenvalue weighted by molar-refractivity contribution is 7.99. The van der Waals surface area contributed by atoms with Crippen molar-refractivity contribution in [1.29, 1.82) is 0 Å². The molecule has 0 unspecified atom stereocenters. The molecule has 1 fully saturated rings. The van der Waals surface area contributed by atoms with Gasteiger partial charge in [-0.2, -0.15) is 0 Å². The summed E-state index contributed by atoms with van der Waals surface area (Å²) in [7, 11) is 0. The molecule has 0 saturated carbocycles. The number of rotatable bonds is 6. The summed E-state index contributed by atoms with van der Waals surface area (Å²) in [6.45, 7) is 3.08. The Morgan fingerprint density at radius 3 is 2.64 bits per heavy atom. The Hall–Kier alpha value is -2.91. The van der Waals surface area contributed by atoms with E-state index >= 15 is 0 Å². The van der Waals surface area contributed by atoms with Crippen molar-refractivity contribution in [3.8, 4) is 17.2 Å². The Kier molecular flexibility index (Phi) is 6.59. The number of aromatic nitrogens is 3. The second-order valence-corrected chi connectivity index (χ2v) is 9.16. The van der Waals surface area contributed by atoms with E-state index in [0.29, 0.717) is 40.6 Å². The molecule has 172 valence electrons. The molecule has 0 aliphatic carbocycles. The van der Waals surface area contributed by atoms with Crippen molar-refractivity contribution in [2.24, 2.45) is 0 Å². The van der Waals surface area contributed by atoms with Gasteiger partial charge in [-0.1, -0.05) is 35.5 Å². The normalized spacial score (nSPS) is 15.4. The van der Waals surface area contributed by atoms with E-state index in [9.17, 15) is 4.79 Å². The number of amides is 1. The molecule has 33 heavy (non-hydrogen) atoms. The molecule has 8 nitrogen and oxygen atoms in total. The third-order valence-corrected chi connectivity index (χ3v) is 6.71. The molecule has 10 heteroatoms. The van der Waals surface area contributed by atoms with Crippen LogP contribution in [-0.4, -0.2) is 52.7 Å². The van der Waals surface area contributed by atoms with Gasteiger partial charge >= 0.3 is 0 Å². The average molecular weight is 486 g/mol. The summed E-state index contributed by atoms with van der Waals surface area (Å²) in [6.07, 6.45) is 3.07. The number of hydrogen-bond donors (Lipinski definition) is 1. The number of benzene rings is 2. The number of nitrogens with zero attached hydrogens (tertiary/aromatic N) is 4. The number of hydrogen-bond acceptors (Lipinski definition) is 7. The third kappa shape index (κ3) is 4.89. The van der Waals surface area contributed by atoms with E-state index in [1.54, 1.807) is 6.07 Å². The van der Waals surface area contributed by atoms with Gasteiger partial charge in [-0.25, -0.2) is 0 Å². The van der Waals surface area contributed by atoms with Crippen molar-refractivity contribution < 1.29 is 14.3 Å². The smallest absolute Gasteiger partial charge is 0.234 e. The highest BCUT2D eigenvalue weighted by Gasteiger charge is 2.24. The topological polar surface area (TPSA) is 81.5 Å². The fraction of sp³-hybridized carbons (Fsp3) is 0.348. The molecule has 0 bridgehead atoms. The maximum atomic E-state index is 12.7. The molecule has 1 amide bonds. The lowest BCUT2D eigenvalue weighted by Crippen LogP contribution is -2.22. The number of para-hydroxylation sites is 1. The number of anilines is 2. The molecule has 2 aliphatic rings. The summed E-state index contributed by atoms with van der Waals surface area (Å²) < 4.78 is 13.3. The average Bonchev–Trinajstić information content (AvgIpc) is 3.43. The first kappa shape index (κ1) is 21.9. The fourth-order valence-corrected chi connectivity index (χ4v) is 4.85. The maximum Gasteiger partial charge on any atom is 0.234 e. The monoisotopic (exact) mass is 485 g/mol. The lowest BCUT2D eigenvalue weighted by molar-refractivity contribution is -0.113. The van der Waals surface area contributed by atoms with Crippen LogP contribution in [-0.2, 0) is 4.79 Å². The van der Waals surface area contributed by atoms with Crippen LogP contribution >= 0.6 is 23.4 Å². The van der Waals surface area contributed by atoms with E-state index in [0.717, 1.165) is 44.0 Å². The molecule has 0 radical (unpaired) electrons. The van der Waals surface area contributed by atoms with E-state index in [2.05, 4.69) is 20.4 Å². The minimum Gasteiger partial charge on any atom is -0.490 e. The number of thioether (sulfide) groups is 1. The van der Waals surface area contributed by atoms with Gasteiger partial charge in [0.15, 0.2) is 16.7 Å². The minimum absolute atomic E-state index is 0.147. The Morgan fingerprint density at radius 1 is 1.03 bits per heavy atom. The van der Waals surface area contributed by atoms with Crippen molar-refractivity contribution in [3.63, 3.8) is 0 Å².